The number of piperidine rings is 1. The molecule has 0 radical (unpaired) electrons. The van der Waals surface area contributed by atoms with E-state index in [1.165, 1.54) is 6.42 Å². The molecule has 0 saturated carbocycles. The van der Waals surface area contributed by atoms with Crippen molar-refractivity contribution in [1.82, 2.24) is 4.90 Å². The molecular weight excluding hydrogens is 172 g/mol. The molecule has 0 N–H and O–H groups in total. The van der Waals surface area contributed by atoms with Gasteiger partial charge in [0.15, 0.2) is 0 Å². The molecule has 0 amide bonds. The first-order valence-electron chi connectivity index (χ1n) is 5.58. The quantitative estimate of drug-likeness (QED) is 0.675. The summed E-state index contributed by atoms with van der Waals surface area (Å²) in [5.74, 6) is 0.586. The standard InChI is InChI=1S/C12H22N2/c1-10(2)14-8-6-11(5-7-13)12(3,4)9-14/h10-11H,5-6,8-9H2,1-4H3. The second-order valence-electron chi connectivity index (χ2n) is 5.40. The fraction of sp³-hybridized carbons (Fsp3) is 0.917. The Kier molecular flexibility index (Phi) is 3.55. The fourth-order valence-corrected chi connectivity index (χ4v) is 2.37. The van der Waals surface area contributed by atoms with Crippen LogP contribution in [0.1, 0.15) is 40.5 Å². The Hall–Kier alpha value is -0.550. The summed E-state index contributed by atoms with van der Waals surface area (Å²) in [6.07, 6.45) is 1.90. The summed E-state index contributed by atoms with van der Waals surface area (Å²) in [5.41, 5.74) is 0.304. The first-order chi connectivity index (χ1) is 6.47. The summed E-state index contributed by atoms with van der Waals surface area (Å²) < 4.78 is 0. The molecule has 1 saturated heterocycles. The molecule has 0 aromatic heterocycles. The number of hydrogen-bond donors (Lipinski definition) is 0. The van der Waals surface area contributed by atoms with E-state index in [4.69, 9.17) is 5.26 Å². The predicted octanol–water partition coefficient (Wildman–Crippen LogP) is 2.66. The number of nitrogens with zero attached hydrogens (tertiary/aromatic N) is 2. The van der Waals surface area contributed by atoms with Crippen LogP contribution in [-0.2, 0) is 0 Å². The van der Waals surface area contributed by atoms with Gasteiger partial charge in [0, 0.05) is 19.0 Å². The van der Waals surface area contributed by atoms with Crippen LogP contribution in [0, 0.1) is 22.7 Å². The molecule has 1 aliphatic rings. The molecule has 0 aliphatic carbocycles. The van der Waals surface area contributed by atoms with Crippen LogP contribution in [-0.4, -0.2) is 24.0 Å². The number of likely N-dealkylation sites (tertiary alicyclic amines) is 1. The van der Waals surface area contributed by atoms with Crippen LogP contribution in [0.4, 0.5) is 0 Å². The summed E-state index contributed by atoms with van der Waals surface area (Å²) in [6.45, 7) is 11.4. The summed E-state index contributed by atoms with van der Waals surface area (Å²) in [7, 11) is 0. The topological polar surface area (TPSA) is 27.0 Å². The summed E-state index contributed by atoms with van der Waals surface area (Å²) in [6, 6.07) is 2.95. The van der Waals surface area contributed by atoms with E-state index in [9.17, 15) is 0 Å². The lowest BCUT2D eigenvalue weighted by Gasteiger charge is -2.45. The lowest BCUT2D eigenvalue weighted by Crippen LogP contribution is -2.48. The van der Waals surface area contributed by atoms with Gasteiger partial charge < -0.3 is 4.90 Å². The van der Waals surface area contributed by atoms with Gasteiger partial charge in [0.05, 0.1) is 6.07 Å². The van der Waals surface area contributed by atoms with Crippen molar-refractivity contribution < 1.29 is 0 Å². The second kappa shape index (κ2) is 4.31. The van der Waals surface area contributed by atoms with Crippen molar-refractivity contribution in [3.05, 3.63) is 0 Å². The first-order valence-corrected chi connectivity index (χ1v) is 5.58. The van der Waals surface area contributed by atoms with Crippen LogP contribution >= 0.6 is 0 Å². The van der Waals surface area contributed by atoms with E-state index in [-0.39, 0.29) is 0 Å². The van der Waals surface area contributed by atoms with Gasteiger partial charge in [0.2, 0.25) is 0 Å². The summed E-state index contributed by atoms with van der Waals surface area (Å²) >= 11 is 0. The normalized spacial score (nSPS) is 27.6. The van der Waals surface area contributed by atoms with Gasteiger partial charge >= 0.3 is 0 Å². The lowest BCUT2D eigenvalue weighted by atomic mass is 9.72. The van der Waals surface area contributed by atoms with Crippen LogP contribution in [0.3, 0.4) is 0 Å². The number of rotatable bonds is 2. The molecular formula is C12H22N2. The number of nitriles is 1. The van der Waals surface area contributed by atoms with E-state index in [2.05, 4.69) is 38.7 Å². The van der Waals surface area contributed by atoms with Crippen LogP contribution < -0.4 is 0 Å². The largest absolute Gasteiger partial charge is 0.300 e. The molecule has 2 heteroatoms. The van der Waals surface area contributed by atoms with Crippen molar-refractivity contribution in [2.45, 2.75) is 46.6 Å². The van der Waals surface area contributed by atoms with Crippen LogP contribution in [0.5, 0.6) is 0 Å². The molecule has 1 rings (SSSR count). The van der Waals surface area contributed by atoms with Crippen molar-refractivity contribution in [3.8, 4) is 6.07 Å². The van der Waals surface area contributed by atoms with Gasteiger partial charge in [-0.2, -0.15) is 5.26 Å². The van der Waals surface area contributed by atoms with Crippen molar-refractivity contribution in [2.24, 2.45) is 11.3 Å². The molecule has 1 heterocycles. The molecule has 0 aromatic rings. The maximum Gasteiger partial charge on any atom is 0.0624 e. The second-order valence-corrected chi connectivity index (χ2v) is 5.40. The van der Waals surface area contributed by atoms with E-state index in [1.54, 1.807) is 0 Å². The minimum absolute atomic E-state index is 0.304. The molecule has 0 bridgehead atoms. The van der Waals surface area contributed by atoms with Crippen LogP contribution in [0.2, 0.25) is 0 Å². The Labute approximate surface area is 87.9 Å². The smallest absolute Gasteiger partial charge is 0.0624 e. The lowest BCUT2D eigenvalue weighted by molar-refractivity contribution is 0.0388. The molecule has 14 heavy (non-hydrogen) atoms. The maximum absolute atomic E-state index is 8.76. The predicted molar refractivity (Wildman–Crippen MR) is 58.8 cm³/mol. The average molecular weight is 194 g/mol. The molecule has 2 nitrogen and oxygen atoms in total. The van der Waals surface area contributed by atoms with Gasteiger partial charge in [0.1, 0.15) is 0 Å². The molecule has 1 fully saturated rings. The van der Waals surface area contributed by atoms with Gasteiger partial charge in [-0.05, 0) is 38.1 Å². The van der Waals surface area contributed by atoms with Crippen molar-refractivity contribution in [1.29, 1.82) is 5.26 Å². The van der Waals surface area contributed by atoms with E-state index < -0.39 is 0 Å². The SMILES string of the molecule is CC(C)N1CCC(CC#N)C(C)(C)C1. The maximum atomic E-state index is 8.76. The van der Waals surface area contributed by atoms with E-state index in [0.29, 0.717) is 17.4 Å². The van der Waals surface area contributed by atoms with Gasteiger partial charge in [-0.3, -0.25) is 0 Å². The van der Waals surface area contributed by atoms with Crippen molar-refractivity contribution >= 4 is 0 Å². The zero-order valence-electron chi connectivity index (χ0n) is 9.88. The molecule has 1 unspecified atom stereocenters. The van der Waals surface area contributed by atoms with Gasteiger partial charge in [-0.25, -0.2) is 0 Å². The number of hydrogen-bond acceptors (Lipinski definition) is 2. The highest BCUT2D eigenvalue weighted by Gasteiger charge is 2.35. The zero-order chi connectivity index (χ0) is 10.8. The van der Waals surface area contributed by atoms with Gasteiger partial charge in [-0.1, -0.05) is 13.8 Å². The van der Waals surface area contributed by atoms with Crippen molar-refractivity contribution in [3.63, 3.8) is 0 Å². The third kappa shape index (κ3) is 2.48. The summed E-state index contributed by atoms with van der Waals surface area (Å²) in [4.78, 5) is 2.52. The highest BCUT2D eigenvalue weighted by Crippen LogP contribution is 2.37. The van der Waals surface area contributed by atoms with Gasteiger partial charge in [-0.15, -0.1) is 0 Å². The molecule has 80 valence electrons. The molecule has 0 spiro atoms. The average Bonchev–Trinajstić information content (AvgIpc) is 2.08. The minimum Gasteiger partial charge on any atom is -0.300 e. The monoisotopic (exact) mass is 194 g/mol. The van der Waals surface area contributed by atoms with Crippen LogP contribution in [0.15, 0.2) is 0 Å². The minimum atomic E-state index is 0.304. The summed E-state index contributed by atoms with van der Waals surface area (Å²) in [5, 5.41) is 8.76. The Morgan fingerprint density at radius 1 is 1.50 bits per heavy atom. The highest BCUT2D eigenvalue weighted by atomic mass is 15.2. The molecule has 1 atom stereocenters. The van der Waals surface area contributed by atoms with Crippen LogP contribution in [0.25, 0.3) is 0 Å². The fourth-order valence-electron chi connectivity index (χ4n) is 2.37. The molecule has 0 aromatic carbocycles. The highest BCUT2D eigenvalue weighted by molar-refractivity contribution is 4.92. The Morgan fingerprint density at radius 2 is 2.14 bits per heavy atom. The zero-order valence-corrected chi connectivity index (χ0v) is 9.88. The molecule has 1 aliphatic heterocycles. The Morgan fingerprint density at radius 3 is 2.57 bits per heavy atom. The Balaban J connectivity index is 2.61. The van der Waals surface area contributed by atoms with E-state index >= 15 is 0 Å². The first kappa shape index (κ1) is 11.5. The Bertz CT molecular complexity index is 225. The van der Waals surface area contributed by atoms with Gasteiger partial charge in [0.25, 0.3) is 0 Å². The van der Waals surface area contributed by atoms with E-state index in [0.717, 1.165) is 19.5 Å². The third-order valence-corrected chi connectivity index (χ3v) is 3.55. The van der Waals surface area contributed by atoms with Crippen molar-refractivity contribution in [2.75, 3.05) is 13.1 Å². The van der Waals surface area contributed by atoms with E-state index in [1.807, 2.05) is 0 Å². The third-order valence-electron chi connectivity index (χ3n) is 3.55.